The highest BCUT2D eigenvalue weighted by Crippen LogP contribution is 2.60. The number of hydrogen-bond donors (Lipinski definition) is 1. The van der Waals surface area contributed by atoms with E-state index in [1.807, 2.05) is 27.7 Å². The molecule has 6 bridgehead atoms. The Bertz CT molecular complexity index is 1620. The van der Waals surface area contributed by atoms with E-state index < -0.39 is 57.1 Å². The number of ether oxygens (including phenoxy) is 5. The molecule has 8 aliphatic rings. The zero-order valence-electron chi connectivity index (χ0n) is 36.1. The lowest BCUT2D eigenvalue weighted by molar-refractivity contribution is -0.211. The van der Waals surface area contributed by atoms with Crippen molar-refractivity contribution >= 4 is 39.9 Å². The van der Waals surface area contributed by atoms with Crippen LogP contribution in [0.4, 0.5) is 0 Å². The zero-order chi connectivity index (χ0) is 42.5. The molecule has 8 fully saturated rings. The van der Waals surface area contributed by atoms with E-state index in [1.165, 1.54) is 39.0 Å². The molecule has 0 aromatic rings. The molecule has 6 aliphatic carbocycles. The van der Waals surface area contributed by atoms with Gasteiger partial charge in [-0.2, -0.15) is 0 Å². The van der Waals surface area contributed by atoms with Gasteiger partial charge in [0.05, 0.1) is 34.1 Å². The van der Waals surface area contributed by atoms with E-state index in [-0.39, 0.29) is 46.1 Å². The van der Waals surface area contributed by atoms with Gasteiger partial charge >= 0.3 is 29.8 Å². The highest BCUT2D eigenvalue weighted by Gasteiger charge is 2.64. The second kappa shape index (κ2) is 16.7. The van der Waals surface area contributed by atoms with Crippen LogP contribution in [0.25, 0.3) is 0 Å². The van der Waals surface area contributed by atoms with Crippen LogP contribution in [0.5, 0.6) is 0 Å². The maximum Gasteiger partial charge on any atom is 0.347 e. The fourth-order valence-electron chi connectivity index (χ4n) is 9.74. The number of hydrogen-bond acceptors (Lipinski definition) is 12. The topological polar surface area (TPSA) is 178 Å². The van der Waals surface area contributed by atoms with Crippen LogP contribution in [0.3, 0.4) is 0 Å². The van der Waals surface area contributed by atoms with Crippen molar-refractivity contribution < 1.29 is 56.1 Å². The number of sulfonamides is 1. The van der Waals surface area contributed by atoms with Crippen LogP contribution in [0.1, 0.15) is 147 Å². The normalized spacial score (nSPS) is 35.9. The summed E-state index contributed by atoms with van der Waals surface area (Å²) in [7, 11) is -3.29. The highest BCUT2D eigenvalue weighted by molar-refractivity contribution is 7.90. The number of carbonyl (C=O) groups excluding carboxylic acids is 5. The van der Waals surface area contributed by atoms with Gasteiger partial charge in [0.2, 0.25) is 16.1 Å². The van der Waals surface area contributed by atoms with Crippen molar-refractivity contribution in [2.75, 3.05) is 6.61 Å². The lowest BCUT2D eigenvalue weighted by atomic mass is 9.50. The number of cyclic esters (lactones) is 1. The van der Waals surface area contributed by atoms with Gasteiger partial charge in [-0.15, -0.1) is 0 Å². The minimum Gasteiger partial charge on any atom is -0.463 e. The van der Waals surface area contributed by atoms with Crippen LogP contribution in [-0.2, 0) is 57.7 Å². The molecule has 2 aliphatic heterocycles. The van der Waals surface area contributed by atoms with Crippen molar-refractivity contribution in [1.29, 1.82) is 0 Å². The van der Waals surface area contributed by atoms with E-state index >= 15 is 0 Å². The Hall–Kier alpha value is -2.74. The van der Waals surface area contributed by atoms with Crippen LogP contribution in [0, 0.1) is 51.8 Å². The van der Waals surface area contributed by atoms with E-state index in [1.54, 1.807) is 27.7 Å². The van der Waals surface area contributed by atoms with Gasteiger partial charge < -0.3 is 23.7 Å². The van der Waals surface area contributed by atoms with Gasteiger partial charge in [0.1, 0.15) is 11.7 Å². The third-order valence-corrected chi connectivity index (χ3v) is 16.9. The zero-order valence-corrected chi connectivity index (χ0v) is 37.0. The average molecular weight is 824 g/mol. The van der Waals surface area contributed by atoms with Crippen molar-refractivity contribution in [1.82, 2.24) is 4.72 Å². The molecule has 6 saturated carbocycles. The minimum absolute atomic E-state index is 0.0185. The second-order valence-corrected chi connectivity index (χ2v) is 21.9. The first-order chi connectivity index (χ1) is 26.4. The molecule has 7 unspecified atom stereocenters. The number of carbonyl (C=O) groups is 5. The van der Waals surface area contributed by atoms with Crippen LogP contribution < -0.4 is 4.72 Å². The van der Waals surface area contributed by atoms with Gasteiger partial charge in [0, 0.05) is 6.42 Å². The smallest absolute Gasteiger partial charge is 0.347 e. The standard InChI is InChI=1S/C17H28O2.C16H25NO6S.C10H16O4/c1-5-16(2,3)15(18)19-17(4)13-7-11-6-12(9-13)10-14(17)8-11;1-5-16(3,4)15(19)22-8(2)14(18)23-13-9-6-10-11(7-9)24(20,21)17-12(10)13;1-4-10(2,3)9(12)14-7-5-6-13-8(7)11/h11-14H,5-10H2,1-4H3;8-13,17H,5-7H2,1-4H3;7H,4-6H2,1-3H3. The van der Waals surface area contributed by atoms with Gasteiger partial charge in [0.15, 0.2) is 6.10 Å². The van der Waals surface area contributed by atoms with Crippen molar-refractivity contribution in [2.45, 2.75) is 182 Å². The van der Waals surface area contributed by atoms with E-state index in [0.717, 1.165) is 24.7 Å². The predicted molar refractivity (Wildman–Crippen MR) is 210 cm³/mol. The van der Waals surface area contributed by atoms with E-state index in [2.05, 4.69) is 18.6 Å². The van der Waals surface area contributed by atoms with Crippen molar-refractivity contribution in [3.8, 4) is 0 Å². The third kappa shape index (κ3) is 9.36. The van der Waals surface area contributed by atoms with Crippen LogP contribution in [0.15, 0.2) is 0 Å². The Labute approximate surface area is 340 Å². The first-order valence-electron chi connectivity index (χ1n) is 21.4. The lowest BCUT2D eigenvalue weighted by Crippen LogP contribution is -2.58. The van der Waals surface area contributed by atoms with E-state index in [0.29, 0.717) is 44.1 Å². The molecule has 7 atom stereocenters. The number of rotatable bonds is 11. The number of esters is 5. The molecule has 0 radical (unpaired) electrons. The second-order valence-electron chi connectivity index (χ2n) is 20.0. The summed E-state index contributed by atoms with van der Waals surface area (Å²) in [6.07, 6.45) is 8.38. The van der Waals surface area contributed by atoms with Gasteiger partial charge in [-0.3, -0.25) is 14.4 Å². The molecule has 324 valence electrons. The lowest BCUT2D eigenvalue weighted by Gasteiger charge is -2.59. The summed E-state index contributed by atoms with van der Waals surface area (Å²) in [4.78, 5) is 59.4. The largest absolute Gasteiger partial charge is 0.463 e. The molecule has 0 aromatic carbocycles. The summed E-state index contributed by atoms with van der Waals surface area (Å²) in [5.74, 6) is 1.39. The maximum atomic E-state index is 12.5. The molecular weight excluding hydrogens is 755 g/mol. The van der Waals surface area contributed by atoms with Crippen LogP contribution in [-0.4, -0.2) is 80.1 Å². The Morgan fingerprint density at radius 2 is 1.32 bits per heavy atom. The Morgan fingerprint density at radius 1 is 0.789 bits per heavy atom. The molecule has 8 rings (SSSR count). The number of nitrogens with one attached hydrogen (secondary N) is 1. The molecule has 14 heteroatoms. The first kappa shape index (κ1) is 45.3. The van der Waals surface area contributed by atoms with Gasteiger partial charge in [-0.25, -0.2) is 22.7 Å². The molecule has 2 heterocycles. The van der Waals surface area contributed by atoms with E-state index in [9.17, 15) is 32.4 Å². The third-order valence-electron chi connectivity index (χ3n) is 15.0. The van der Waals surface area contributed by atoms with Crippen LogP contribution in [0.2, 0.25) is 0 Å². The fraction of sp³-hybridized carbons (Fsp3) is 0.884. The summed E-state index contributed by atoms with van der Waals surface area (Å²) >= 11 is 0. The summed E-state index contributed by atoms with van der Waals surface area (Å²) in [5, 5.41) is -0.344. The Balaban J connectivity index is 0.000000169. The molecule has 0 aromatic heterocycles. The van der Waals surface area contributed by atoms with Gasteiger partial charge in [0.25, 0.3) is 0 Å². The Morgan fingerprint density at radius 3 is 1.82 bits per heavy atom. The van der Waals surface area contributed by atoms with Crippen molar-refractivity contribution in [2.24, 2.45) is 51.8 Å². The minimum atomic E-state index is -3.29. The first-order valence-corrected chi connectivity index (χ1v) is 23.0. The summed E-state index contributed by atoms with van der Waals surface area (Å²) in [5.41, 5.74) is -1.69. The highest BCUT2D eigenvalue weighted by atomic mass is 32.2. The van der Waals surface area contributed by atoms with Crippen molar-refractivity contribution in [3.63, 3.8) is 0 Å². The summed E-state index contributed by atoms with van der Waals surface area (Å²) in [6.45, 7) is 21.1. The van der Waals surface area contributed by atoms with Gasteiger partial charge in [-0.05, 0) is 155 Å². The van der Waals surface area contributed by atoms with E-state index in [4.69, 9.17) is 23.7 Å². The molecule has 57 heavy (non-hydrogen) atoms. The molecule has 0 amide bonds. The van der Waals surface area contributed by atoms with Crippen LogP contribution >= 0.6 is 0 Å². The van der Waals surface area contributed by atoms with Gasteiger partial charge in [-0.1, -0.05) is 20.8 Å². The summed E-state index contributed by atoms with van der Waals surface area (Å²) in [6, 6.07) is -0.335. The molecule has 13 nitrogen and oxygen atoms in total. The quantitative estimate of drug-likeness (QED) is 0.179. The number of fused-ring (bicyclic) bond motifs is 1. The maximum absolute atomic E-state index is 12.5. The summed E-state index contributed by atoms with van der Waals surface area (Å²) < 4.78 is 53.3. The Kier molecular flexibility index (Phi) is 13.3. The monoisotopic (exact) mass is 823 g/mol. The molecule has 2 saturated heterocycles. The SMILES string of the molecule is CCC(C)(C)C(=O)OC(C)C(=O)OC1C2CC3C1NS(=O)(=O)C3C2.CCC(C)(C)C(=O)OC1(C)C2CC3CC(C2)CC1C3.CCC(C)(C)C(=O)OC1CCOC1=O. The van der Waals surface area contributed by atoms with Crippen molar-refractivity contribution in [3.05, 3.63) is 0 Å². The molecule has 0 spiro atoms. The molecular formula is C43H69NO12S. The average Bonchev–Trinajstić information content (AvgIpc) is 3.89. The predicted octanol–water partition coefficient (Wildman–Crippen LogP) is 6.44. The fourth-order valence-corrected chi connectivity index (χ4v) is 11.8. The molecule has 1 N–H and O–H groups in total.